The summed E-state index contributed by atoms with van der Waals surface area (Å²) in [6.07, 6.45) is 0. The van der Waals surface area contributed by atoms with E-state index >= 15 is 0 Å². The van der Waals surface area contributed by atoms with Gasteiger partial charge in [0.25, 0.3) is 0 Å². The van der Waals surface area contributed by atoms with Gasteiger partial charge in [-0.1, -0.05) is 176 Å². The van der Waals surface area contributed by atoms with Crippen LogP contribution in [0.3, 0.4) is 0 Å². The molecule has 15 rings (SSSR count). The zero-order chi connectivity index (χ0) is 48.7. The first-order valence-electron chi connectivity index (χ1n) is 25.3. The van der Waals surface area contributed by atoms with Crippen molar-refractivity contribution in [2.24, 2.45) is 0 Å². The highest BCUT2D eigenvalue weighted by atomic mass is 15.2. The van der Waals surface area contributed by atoms with Crippen LogP contribution in [0.25, 0.3) is 100 Å². The van der Waals surface area contributed by atoms with Crippen molar-refractivity contribution >= 4 is 55.9 Å². The second-order valence-corrected chi connectivity index (χ2v) is 19.1. The largest absolute Gasteiger partial charge is 0.309 e. The summed E-state index contributed by atoms with van der Waals surface area (Å²) in [6.45, 7) is 0. The van der Waals surface area contributed by atoms with E-state index < -0.39 is 0 Å². The fourth-order valence-corrected chi connectivity index (χ4v) is 11.9. The lowest BCUT2D eigenvalue weighted by Crippen LogP contribution is -2.11. The third-order valence-corrected chi connectivity index (χ3v) is 15.0. The van der Waals surface area contributed by atoms with Gasteiger partial charge in [-0.3, -0.25) is 0 Å². The highest BCUT2D eigenvalue weighted by molar-refractivity contribution is 6.14. The van der Waals surface area contributed by atoms with E-state index in [1.807, 2.05) is 0 Å². The number of pyridine rings is 1. The molecule has 2 aliphatic heterocycles. The van der Waals surface area contributed by atoms with Gasteiger partial charge in [0, 0.05) is 78.0 Å². The molecule has 0 unspecified atom stereocenters. The number of benzene rings is 10. The lowest BCUT2D eigenvalue weighted by molar-refractivity contribution is 1.13. The Morgan fingerprint density at radius 3 is 1.04 bits per heavy atom. The molecular weight excluding hydrogens is 899 g/mol. The van der Waals surface area contributed by atoms with Crippen LogP contribution >= 0.6 is 0 Å². The highest BCUT2D eigenvalue weighted by Crippen LogP contribution is 2.56. The van der Waals surface area contributed by atoms with Crippen LogP contribution in [0.4, 0.5) is 34.1 Å². The van der Waals surface area contributed by atoms with E-state index in [2.05, 4.69) is 292 Å². The summed E-state index contributed by atoms with van der Waals surface area (Å²) in [4.78, 5) is 10.3. The van der Waals surface area contributed by atoms with Gasteiger partial charge in [-0.2, -0.15) is 0 Å². The Hall–Kier alpha value is -9.97. The van der Waals surface area contributed by atoms with E-state index in [9.17, 15) is 0 Å². The zero-order valence-corrected chi connectivity index (χ0v) is 40.2. The quantitative estimate of drug-likeness (QED) is 0.166. The Balaban J connectivity index is 0.875. The highest BCUT2D eigenvalue weighted by Gasteiger charge is 2.33. The molecule has 346 valence electrons. The summed E-state index contributed by atoms with van der Waals surface area (Å²) in [5.41, 5.74) is 24.6. The van der Waals surface area contributed by atoms with Crippen molar-refractivity contribution in [3.8, 4) is 78.7 Å². The summed E-state index contributed by atoms with van der Waals surface area (Å²) in [5.74, 6) is 0. The molecule has 5 heteroatoms. The molecule has 0 bridgehead atoms. The van der Waals surface area contributed by atoms with E-state index in [0.29, 0.717) is 0 Å². The van der Waals surface area contributed by atoms with Crippen LogP contribution in [0.15, 0.2) is 273 Å². The molecule has 0 fully saturated rings. The lowest BCUT2D eigenvalue weighted by Gasteiger charge is -2.27. The molecular formula is C69H45N5. The molecule has 3 aromatic heterocycles. The molecule has 5 heterocycles. The third-order valence-electron chi connectivity index (χ3n) is 15.0. The predicted octanol–water partition coefficient (Wildman–Crippen LogP) is 18.5. The van der Waals surface area contributed by atoms with E-state index in [4.69, 9.17) is 4.98 Å². The smallest absolute Gasteiger partial charge is 0.0710 e. The van der Waals surface area contributed by atoms with E-state index in [0.717, 1.165) is 102 Å². The van der Waals surface area contributed by atoms with E-state index in [1.165, 1.54) is 33.0 Å². The average molecular weight is 944 g/mol. The Morgan fingerprint density at radius 2 is 0.595 bits per heavy atom. The second kappa shape index (κ2) is 16.8. The minimum absolute atomic E-state index is 0.908. The van der Waals surface area contributed by atoms with Crippen molar-refractivity contribution in [2.75, 3.05) is 9.80 Å². The van der Waals surface area contributed by atoms with Gasteiger partial charge in [0.1, 0.15) is 0 Å². The topological polar surface area (TPSA) is 29.2 Å². The number of para-hydroxylation sites is 8. The molecule has 13 aromatic rings. The van der Waals surface area contributed by atoms with Gasteiger partial charge in [0.05, 0.1) is 56.6 Å². The van der Waals surface area contributed by atoms with Crippen LogP contribution in [0.1, 0.15) is 0 Å². The van der Waals surface area contributed by atoms with Gasteiger partial charge in [-0.15, -0.1) is 0 Å². The fraction of sp³-hybridized carbons (Fsp3) is 0. The minimum Gasteiger partial charge on any atom is -0.309 e. The molecule has 0 amide bonds. The SMILES string of the molecule is c1ccc(N2c3ccccc3-c3c(n(-c4cccc(-c5cccc(-c6cccc(-n7c8c(c9ccccc97)-c7ccccc7N(c7ccccc7)c7ccccc7-8)c6)n5)c4)c4ccccc34)-c3ccccc32)cc1. The van der Waals surface area contributed by atoms with Gasteiger partial charge in [-0.05, 0) is 97.1 Å². The van der Waals surface area contributed by atoms with Crippen molar-refractivity contribution in [1.29, 1.82) is 0 Å². The van der Waals surface area contributed by atoms with Crippen LogP contribution in [-0.2, 0) is 0 Å². The average Bonchev–Trinajstić information content (AvgIpc) is 3.92. The summed E-state index contributed by atoms with van der Waals surface area (Å²) >= 11 is 0. The Bertz CT molecular complexity index is 4060. The van der Waals surface area contributed by atoms with Crippen molar-refractivity contribution in [3.05, 3.63) is 273 Å². The predicted molar refractivity (Wildman–Crippen MR) is 307 cm³/mol. The number of fused-ring (bicyclic) bond motifs is 14. The van der Waals surface area contributed by atoms with Gasteiger partial charge in [0.2, 0.25) is 0 Å². The van der Waals surface area contributed by atoms with Gasteiger partial charge >= 0.3 is 0 Å². The molecule has 10 aromatic carbocycles. The summed E-state index contributed by atoms with van der Waals surface area (Å²) in [5, 5.41) is 2.41. The number of rotatable bonds is 6. The molecule has 0 spiro atoms. The zero-order valence-electron chi connectivity index (χ0n) is 40.2. The molecule has 0 saturated carbocycles. The molecule has 0 saturated heterocycles. The number of anilines is 6. The van der Waals surface area contributed by atoms with Crippen LogP contribution in [0, 0.1) is 0 Å². The van der Waals surface area contributed by atoms with Crippen molar-refractivity contribution in [1.82, 2.24) is 14.1 Å². The maximum Gasteiger partial charge on any atom is 0.0710 e. The van der Waals surface area contributed by atoms with Gasteiger partial charge in [-0.25, -0.2) is 4.98 Å². The standard InChI is InChI=1S/C69H45N5/c1-3-24-48(25-4-1)71-60-38-13-7-30-52(60)66-54-32-9-15-40-62(54)73(68(66)56-34-11-17-42-64(56)71)50-28-19-22-46(44-50)58-36-21-37-59(70-58)47-23-20-29-51(45-47)74-63-41-16-10-33-55(63)67-53-31-8-14-39-61(53)72(49-26-5-2-6-27-49)65-43-18-12-35-57(65)69(67)74/h1-45H. The first-order valence-corrected chi connectivity index (χ1v) is 25.3. The normalized spacial score (nSPS) is 12.3. The van der Waals surface area contributed by atoms with Crippen LogP contribution < -0.4 is 9.80 Å². The number of hydrogen-bond donors (Lipinski definition) is 0. The number of nitrogens with zero attached hydrogens (tertiary/aromatic N) is 5. The minimum atomic E-state index is 0.908. The number of aromatic nitrogens is 3. The van der Waals surface area contributed by atoms with Crippen LogP contribution in [-0.4, -0.2) is 14.1 Å². The Labute approximate surface area is 429 Å². The second-order valence-electron chi connectivity index (χ2n) is 19.1. The maximum absolute atomic E-state index is 5.47. The monoisotopic (exact) mass is 943 g/mol. The van der Waals surface area contributed by atoms with E-state index in [-0.39, 0.29) is 0 Å². The summed E-state index contributed by atoms with van der Waals surface area (Å²) < 4.78 is 4.93. The molecule has 74 heavy (non-hydrogen) atoms. The fourth-order valence-electron chi connectivity index (χ4n) is 11.9. The molecule has 2 aliphatic rings. The first kappa shape index (κ1) is 41.8. The summed E-state index contributed by atoms with van der Waals surface area (Å²) in [7, 11) is 0. The van der Waals surface area contributed by atoms with Crippen molar-refractivity contribution in [2.45, 2.75) is 0 Å². The third kappa shape index (κ3) is 6.40. The van der Waals surface area contributed by atoms with Gasteiger partial charge in [0.15, 0.2) is 0 Å². The molecule has 0 atom stereocenters. The molecule has 0 N–H and O–H groups in total. The Kier molecular flexibility index (Phi) is 9.50. The van der Waals surface area contributed by atoms with Gasteiger partial charge < -0.3 is 18.9 Å². The molecule has 0 aliphatic carbocycles. The number of hydrogen-bond acceptors (Lipinski definition) is 3. The van der Waals surface area contributed by atoms with Crippen LogP contribution in [0.5, 0.6) is 0 Å². The summed E-state index contributed by atoms with van der Waals surface area (Å²) in [6, 6.07) is 98.7. The van der Waals surface area contributed by atoms with Crippen molar-refractivity contribution in [3.63, 3.8) is 0 Å². The lowest BCUT2D eigenvalue weighted by atomic mass is 9.98. The van der Waals surface area contributed by atoms with E-state index in [1.54, 1.807) is 0 Å². The molecule has 0 radical (unpaired) electrons. The molecule has 5 nitrogen and oxygen atoms in total. The van der Waals surface area contributed by atoms with Crippen molar-refractivity contribution < 1.29 is 0 Å². The van der Waals surface area contributed by atoms with Crippen LogP contribution in [0.2, 0.25) is 0 Å². The Morgan fingerprint density at radius 1 is 0.257 bits per heavy atom. The first-order chi connectivity index (χ1) is 36.8. The maximum atomic E-state index is 5.47.